The Bertz CT molecular complexity index is 777. The van der Waals surface area contributed by atoms with Gasteiger partial charge in [0.1, 0.15) is 5.75 Å². The van der Waals surface area contributed by atoms with E-state index in [1.165, 1.54) is 0 Å². The zero-order valence-corrected chi connectivity index (χ0v) is 12.8. The van der Waals surface area contributed by atoms with E-state index in [2.05, 4.69) is 9.97 Å². The number of aromatic nitrogens is 2. The van der Waals surface area contributed by atoms with Crippen molar-refractivity contribution in [3.05, 3.63) is 59.5 Å². The molecule has 2 N–H and O–H groups in total. The van der Waals surface area contributed by atoms with Gasteiger partial charge in [0, 0.05) is 11.1 Å². The van der Waals surface area contributed by atoms with Gasteiger partial charge < -0.3 is 10.5 Å². The highest BCUT2D eigenvalue weighted by molar-refractivity contribution is 6.28. The minimum absolute atomic E-state index is 0.247. The van der Waals surface area contributed by atoms with Crippen LogP contribution in [0.2, 0.25) is 5.28 Å². The van der Waals surface area contributed by atoms with Gasteiger partial charge in [-0.15, -0.1) is 0 Å². The van der Waals surface area contributed by atoms with E-state index >= 15 is 0 Å². The number of nitrogens with two attached hydrogens (primary N) is 1. The van der Waals surface area contributed by atoms with Crippen LogP contribution in [-0.2, 0) is 6.42 Å². The quantitative estimate of drug-likeness (QED) is 0.441. The second kappa shape index (κ2) is 6.62. The maximum atomic E-state index is 6.05. The number of halogens is 1. The molecule has 0 saturated heterocycles. The Kier molecular flexibility index (Phi) is 4.39. The number of hydrogen-bond donors (Lipinski definition) is 1. The number of rotatable bonds is 5. The van der Waals surface area contributed by atoms with Gasteiger partial charge in [-0.3, -0.25) is 0 Å². The molecule has 0 aliphatic heterocycles. The molecule has 0 amide bonds. The molecule has 2 aromatic carbocycles. The van der Waals surface area contributed by atoms with Crippen LogP contribution in [0.5, 0.6) is 5.75 Å². The smallest absolute Gasteiger partial charge is 0.223 e. The summed E-state index contributed by atoms with van der Waals surface area (Å²) >= 11 is 5.99. The van der Waals surface area contributed by atoms with Gasteiger partial charge in [0.05, 0.1) is 17.8 Å². The molecule has 0 unspecified atom stereocenters. The molecule has 0 bridgehead atoms. The molecule has 112 valence electrons. The highest BCUT2D eigenvalue weighted by Gasteiger charge is 2.09. The van der Waals surface area contributed by atoms with Gasteiger partial charge in [-0.05, 0) is 48.7 Å². The molecule has 1 heterocycles. The molecule has 1 aromatic heterocycles. The van der Waals surface area contributed by atoms with Crippen LogP contribution in [0.3, 0.4) is 0 Å². The molecule has 0 saturated carbocycles. The van der Waals surface area contributed by atoms with Crippen LogP contribution >= 0.6 is 11.6 Å². The average Bonchev–Trinajstić information content (AvgIpc) is 2.52. The Labute approximate surface area is 133 Å². The number of aryl methyl sites for hydroxylation is 1. The maximum absolute atomic E-state index is 6.05. The van der Waals surface area contributed by atoms with Gasteiger partial charge in [0.15, 0.2) is 0 Å². The molecule has 22 heavy (non-hydrogen) atoms. The molecule has 5 heteroatoms. The fourth-order valence-corrected chi connectivity index (χ4v) is 2.58. The molecule has 0 spiro atoms. The average molecular weight is 314 g/mol. The lowest BCUT2D eigenvalue weighted by molar-refractivity contribution is 0.310. The van der Waals surface area contributed by atoms with E-state index in [1.54, 1.807) is 0 Å². The summed E-state index contributed by atoms with van der Waals surface area (Å²) in [5, 5.41) is 1.13. The Morgan fingerprint density at radius 1 is 1.00 bits per heavy atom. The molecular weight excluding hydrogens is 298 g/mol. The first kappa shape index (κ1) is 14.6. The summed E-state index contributed by atoms with van der Waals surface area (Å²) in [4.78, 5) is 8.54. The summed E-state index contributed by atoms with van der Waals surface area (Å²) in [6, 6.07) is 15.4. The van der Waals surface area contributed by atoms with Crippen LogP contribution in [0.1, 0.15) is 12.1 Å². The van der Waals surface area contributed by atoms with Crippen molar-refractivity contribution in [1.29, 1.82) is 0 Å². The Balaban J connectivity index is 1.71. The number of anilines is 1. The predicted molar refractivity (Wildman–Crippen MR) is 89.2 cm³/mol. The lowest BCUT2D eigenvalue weighted by atomic mass is 10.1. The van der Waals surface area contributed by atoms with Crippen molar-refractivity contribution in [3.63, 3.8) is 0 Å². The van der Waals surface area contributed by atoms with Crippen molar-refractivity contribution in [1.82, 2.24) is 9.97 Å². The van der Waals surface area contributed by atoms with Crippen LogP contribution < -0.4 is 10.5 Å². The van der Waals surface area contributed by atoms with E-state index in [-0.39, 0.29) is 5.28 Å². The highest BCUT2D eigenvalue weighted by atomic mass is 35.5. The molecule has 3 rings (SSSR count). The standard InChI is InChI=1S/C17H16ClN3O/c18-17-20-14-9-4-8-13(19)16(14)15(21-17)10-5-11-22-12-6-2-1-3-7-12/h1-4,6-9H,5,10-11,19H2. The monoisotopic (exact) mass is 313 g/mol. The summed E-state index contributed by atoms with van der Waals surface area (Å²) in [5.41, 5.74) is 8.36. The fraction of sp³-hybridized carbons (Fsp3) is 0.176. The molecular formula is C17H16ClN3O. The molecule has 0 radical (unpaired) electrons. The Morgan fingerprint density at radius 2 is 1.82 bits per heavy atom. The highest BCUT2D eigenvalue weighted by Crippen LogP contribution is 2.24. The van der Waals surface area contributed by atoms with Gasteiger partial charge in [-0.2, -0.15) is 0 Å². The number of nitrogen functional groups attached to an aromatic ring is 1. The number of ether oxygens (including phenoxy) is 1. The van der Waals surface area contributed by atoms with Gasteiger partial charge >= 0.3 is 0 Å². The third-order valence-corrected chi connectivity index (χ3v) is 3.54. The lowest BCUT2D eigenvalue weighted by Gasteiger charge is -2.09. The largest absolute Gasteiger partial charge is 0.494 e. The zero-order valence-electron chi connectivity index (χ0n) is 12.0. The normalized spacial score (nSPS) is 10.8. The van der Waals surface area contributed by atoms with E-state index in [4.69, 9.17) is 22.1 Å². The van der Waals surface area contributed by atoms with E-state index in [0.29, 0.717) is 12.3 Å². The summed E-state index contributed by atoms with van der Waals surface area (Å²) < 4.78 is 5.69. The second-order valence-corrected chi connectivity index (χ2v) is 5.28. The molecule has 0 aliphatic rings. The van der Waals surface area contributed by atoms with Crippen LogP contribution in [-0.4, -0.2) is 16.6 Å². The number of benzene rings is 2. The molecule has 4 nitrogen and oxygen atoms in total. The molecule has 0 fully saturated rings. The van der Waals surface area contributed by atoms with E-state index in [0.717, 1.165) is 35.2 Å². The van der Waals surface area contributed by atoms with Gasteiger partial charge in [0.25, 0.3) is 0 Å². The molecule has 3 aromatic rings. The first-order valence-electron chi connectivity index (χ1n) is 7.12. The first-order valence-corrected chi connectivity index (χ1v) is 7.50. The van der Waals surface area contributed by atoms with Gasteiger partial charge in [-0.1, -0.05) is 24.3 Å². The third-order valence-electron chi connectivity index (χ3n) is 3.37. The van der Waals surface area contributed by atoms with Crippen molar-refractivity contribution in [2.24, 2.45) is 0 Å². The topological polar surface area (TPSA) is 61.0 Å². The third kappa shape index (κ3) is 3.28. The Hall–Kier alpha value is -2.33. The summed E-state index contributed by atoms with van der Waals surface area (Å²) in [6.07, 6.45) is 1.56. The van der Waals surface area contributed by atoms with Crippen molar-refractivity contribution in [3.8, 4) is 5.75 Å². The van der Waals surface area contributed by atoms with Crippen molar-refractivity contribution in [2.75, 3.05) is 12.3 Å². The van der Waals surface area contributed by atoms with Gasteiger partial charge in [-0.25, -0.2) is 9.97 Å². The summed E-state index contributed by atoms with van der Waals surface area (Å²) in [7, 11) is 0. The van der Waals surface area contributed by atoms with E-state index < -0.39 is 0 Å². The predicted octanol–water partition coefficient (Wildman–Crippen LogP) is 3.88. The molecule has 0 atom stereocenters. The second-order valence-electron chi connectivity index (χ2n) is 4.95. The number of nitrogens with zero attached hydrogens (tertiary/aromatic N) is 2. The minimum atomic E-state index is 0.247. The van der Waals surface area contributed by atoms with Crippen molar-refractivity contribution >= 4 is 28.2 Å². The Morgan fingerprint density at radius 3 is 2.64 bits per heavy atom. The zero-order chi connectivity index (χ0) is 15.4. The van der Waals surface area contributed by atoms with Crippen molar-refractivity contribution < 1.29 is 4.74 Å². The summed E-state index contributed by atoms with van der Waals surface area (Å²) in [5.74, 6) is 0.868. The minimum Gasteiger partial charge on any atom is -0.494 e. The molecule has 0 aliphatic carbocycles. The van der Waals surface area contributed by atoms with Gasteiger partial charge in [0.2, 0.25) is 5.28 Å². The number of fused-ring (bicyclic) bond motifs is 1. The fourth-order valence-electron chi connectivity index (χ4n) is 2.38. The SMILES string of the molecule is Nc1cccc2nc(Cl)nc(CCCOc3ccccc3)c12. The van der Waals surface area contributed by atoms with Crippen LogP contribution in [0.15, 0.2) is 48.5 Å². The first-order chi connectivity index (χ1) is 10.7. The van der Waals surface area contributed by atoms with Crippen molar-refractivity contribution in [2.45, 2.75) is 12.8 Å². The van der Waals surface area contributed by atoms with E-state index in [9.17, 15) is 0 Å². The van der Waals surface area contributed by atoms with E-state index in [1.807, 2.05) is 48.5 Å². The maximum Gasteiger partial charge on any atom is 0.223 e. The lowest BCUT2D eigenvalue weighted by Crippen LogP contribution is -2.03. The van der Waals surface area contributed by atoms with Crippen LogP contribution in [0.4, 0.5) is 5.69 Å². The van der Waals surface area contributed by atoms with Crippen LogP contribution in [0.25, 0.3) is 10.9 Å². The number of para-hydroxylation sites is 1. The summed E-state index contributed by atoms with van der Waals surface area (Å²) in [6.45, 7) is 0.611. The van der Waals surface area contributed by atoms with Crippen LogP contribution in [0, 0.1) is 0 Å². The number of hydrogen-bond acceptors (Lipinski definition) is 4.